The van der Waals surface area contributed by atoms with Crippen molar-refractivity contribution in [3.8, 4) is 0 Å². The Morgan fingerprint density at radius 1 is 1.26 bits per heavy atom. The molecule has 4 nitrogen and oxygen atoms in total. The Hall–Kier alpha value is -0.950. The predicted molar refractivity (Wildman–Crippen MR) is 73.5 cm³/mol. The molecule has 0 spiro atoms. The van der Waals surface area contributed by atoms with Gasteiger partial charge < -0.3 is 28.5 Å². The van der Waals surface area contributed by atoms with Gasteiger partial charge in [0.2, 0.25) is 0 Å². The highest BCUT2D eigenvalue weighted by molar-refractivity contribution is 5.76. The molecule has 0 aliphatic rings. The lowest BCUT2D eigenvalue weighted by Gasteiger charge is -2.28. The highest BCUT2D eigenvalue weighted by atomic mass is 127. The minimum Gasteiger partial charge on any atom is -1.00 e. The van der Waals surface area contributed by atoms with Crippen LogP contribution in [-0.4, -0.2) is 41.2 Å². The number of para-hydroxylation sites is 1. The molecule has 0 saturated carbocycles. The first-order valence-electron chi connectivity index (χ1n) is 6.30. The molecular weight excluding hydrogens is 353 g/mol. The summed E-state index contributed by atoms with van der Waals surface area (Å²) >= 11 is 0. The number of quaternary nitrogens is 1. The molecule has 0 unspecified atom stereocenters. The molecule has 1 aromatic carbocycles. The van der Waals surface area contributed by atoms with E-state index in [4.69, 9.17) is 0 Å². The molecule has 1 heterocycles. The highest BCUT2D eigenvalue weighted by Gasteiger charge is 2.12. The summed E-state index contributed by atoms with van der Waals surface area (Å²) in [4.78, 5) is 16.6. The number of fused-ring (bicyclic) bond motifs is 1. The lowest BCUT2D eigenvalue weighted by atomic mass is 10.2. The van der Waals surface area contributed by atoms with Gasteiger partial charge in [-0.25, -0.2) is 4.98 Å². The summed E-state index contributed by atoms with van der Waals surface area (Å²) in [5.41, 5.74) is 0.819. The van der Waals surface area contributed by atoms with E-state index in [0.717, 1.165) is 23.1 Å². The lowest BCUT2D eigenvalue weighted by molar-refractivity contribution is -0.889. The number of aromatic nitrogens is 2. The van der Waals surface area contributed by atoms with Crippen molar-refractivity contribution in [1.29, 1.82) is 0 Å². The molecule has 0 radical (unpaired) electrons. The average molecular weight is 373 g/mol. The zero-order chi connectivity index (χ0) is 13.2. The molecule has 0 amide bonds. The van der Waals surface area contributed by atoms with E-state index in [1.807, 2.05) is 24.3 Å². The number of hydrogen-bond donors (Lipinski definition) is 0. The first kappa shape index (κ1) is 16.1. The maximum atomic E-state index is 12.2. The summed E-state index contributed by atoms with van der Waals surface area (Å²) < 4.78 is 2.61. The fourth-order valence-electron chi connectivity index (χ4n) is 1.80. The maximum Gasteiger partial charge on any atom is 0.261 e. The second kappa shape index (κ2) is 6.47. The van der Waals surface area contributed by atoms with Gasteiger partial charge in [-0.2, -0.15) is 0 Å². The fraction of sp³-hybridized carbons (Fsp3) is 0.429. The summed E-state index contributed by atoms with van der Waals surface area (Å²) in [6.07, 6.45) is 1.65. The van der Waals surface area contributed by atoms with Crippen LogP contribution in [0.25, 0.3) is 10.9 Å². The topological polar surface area (TPSA) is 34.9 Å². The van der Waals surface area contributed by atoms with Gasteiger partial charge in [0.05, 0.1) is 51.0 Å². The highest BCUT2D eigenvalue weighted by Crippen LogP contribution is 2.05. The standard InChI is InChI=1S/C14H20N3O.HI/c1-4-17(2,3)10-9-16-11-15-13-8-6-5-7-12(13)14(16)18;/h5-8,11H,4,9-10H2,1-3H3;1H/q+1;/p-1. The minimum absolute atomic E-state index is 0. The largest absolute Gasteiger partial charge is 1.00 e. The van der Waals surface area contributed by atoms with Crippen LogP contribution in [0.3, 0.4) is 0 Å². The first-order chi connectivity index (χ1) is 8.53. The molecule has 5 heteroatoms. The average Bonchev–Trinajstić information content (AvgIpc) is 2.38. The summed E-state index contributed by atoms with van der Waals surface area (Å²) in [6.45, 7) is 4.84. The second-order valence-electron chi connectivity index (χ2n) is 5.24. The smallest absolute Gasteiger partial charge is 0.261 e. The zero-order valence-electron chi connectivity index (χ0n) is 11.6. The van der Waals surface area contributed by atoms with Gasteiger partial charge in [-0.3, -0.25) is 9.36 Å². The van der Waals surface area contributed by atoms with Crippen molar-refractivity contribution in [3.63, 3.8) is 0 Å². The van der Waals surface area contributed by atoms with Crippen LogP contribution in [0.5, 0.6) is 0 Å². The third-order valence-electron chi connectivity index (χ3n) is 3.53. The molecule has 0 aliphatic carbocycles. The molecule has 0 aliphatic heterocycles. The van der Waals surface area contributed by atoms with Crippen LogP contribution in [0.4, 0.5) is 0 Å². The Labute approximate surface area is 130 Å². The van der Waals surface area contributed by atoms with Gasteiger partial charge in [0.25, 0.3) is 5.56 Å². The number of likely N-dealkylation sites (N-methyl/N-ethyl adjacent to an activating group) is 1. The summed E-state index contributed by atoms with van der Waals surface area (Å²) in [5.74, 6) is 0. The Morgan fingerprint density at radius 2 is 1.95 bits per heavy atom. The van der Waals surface area contributed by atoms with Crippen LogP contribution >= 0.6 is 0 Å². The van der Waals surface area contributed by atoms with E-state index in [2.05, 4.69) is 26.0 Å². The van der Waals surface area contributed by atoms with E-state index < -0.39 is 0 Å². The van der Waals surface area contributed by atoms with Crippen molar-refractivity contribution < 1.29 is 28.5 Å². The molecule has 0 fully saturated rings. The number of halogens is 1. The Balaban J connectivity index is 0.00000180. The van der Waals surface area contributed by atoms with Crippen molar-refractivity contribution in [2.24, 2.45) is 0 Å². The molecule has 0 atom stereocenters. The normalized spacial score (nSPS) is 11.3. The second-order valence-corrected chi connectivity index (χ2v) is 5.24. The third-order valence-corrected chi connectivity index (χ3v) is 3.53. The molecule has 0 N–H and O–H groups in total. The number of nitrogens with zero attached hydrogens (tertiary/aromatic N) is 3. The van der Waals surface area contributed by atoms with Gasteiger partial charge in [0.15, 0.2) is 0 Å². The Kier molecular flexibility index (Phi) is 5.49. The van der Waals surface area contributed by atoms with E-state index in [1.165, 1.54) is 0 Å². The summed E-state index contributed by atoms with van der Waals surface area (Å²) in [7, 11) is 4.33. The molecule has 2 rings (SSSR count). The van der Waals surface area contributed by atoms with Crippen molar-refractivity contribution in [2.45, 2.75) is 13.5 Å². The molecule has 1 aromatic heterocycles. The number of hydrogen-bond acceptors (Lipinski definition) is 2. The lowest BCUT2D eigenvalue weighted by Crippen LogP contribution is -3.00. The quantitative estimate of drug-likeness (QED) is 0.483. The van der Waals surface area contributed by atoms with Crippen LogP contribution in [-0.2, 0) is 6.54 Å². The van der Waals surface area contributed by atoms with E-state index in [-0.39, 0.29) is 29.5 Å². The SMILES string of the molecule is CC[N+](C)(C)CCn1cnc2ccccc2c1=O.[I-]. The Morgan fingerprint density at radius 3 is 2.63 bits per heavy atom. The van der Waals surface area contributed by atoms with Gasteiger partial charge in [-0.05, 0) is 19.1 Å². The van der Waals surface area contributed by atoms with Gasteiger partial charge in [0, 0.05) is 0 Å². The molecule has 0 bridgehead atoms. The summed E-state index contributed by atoms with van der Waals surface area (Å²) in [6, 6.07) is 7.48. The van der Waals surface area contributed by atoms with Crippen molar-refractivity contribution >= 4 is 10.9 Å². The Bertz CT molecular complexity index is 607. The molecule has 2 aromatic rings. The van der Waals surface area contributed by atoms with Crippen LogP contribution in [0.15, 0.2) is 35.4 Å². The number of benzene rings is 1. The summed E-state index contributed by atoms with van der Waals surface area (Å²) in [5, 5.41) is 0.696. The van der Waals surface area contributed by atoms with Crippen LogP contribution < -0.4 is 29.5 Å². The van der Waals surface area contributed by atoms with Crippen molar-refractivity contribution in [1.82, 2.24) is 9.55 Å². The number of rotatable bonds is 4. The van der Waals surface area contributed by atoms with E-state index in [0.29, 0.717) is 11.9 Å². The minimum atomic E-state index is 0. The van der Waals surface area contributed by atoms with Crippen molar-refractivity contribution in [3.05, 3.63) is 40.9 Å². The molecular formula is C14H20IN3O. The first-order valence-corrected chi connectivity index (χ1v) is 6.30. The molecule has 0 saturated heterocycles. The van der Waals surface area contributed by atoms with Gasteiger partial charge in [-0.15, -0.1) is 0 Å². The zero-order valence-corrected chi connectivity index (χ0v) is 13.8. The fourth-order valence-corrected chi connectivity index (χ4v) is 1.80. The molecule has 104 valence electrons. The van der Waals surface area contributed by atoms with Crippen LogP contribution in [0, 0.1) is 0 Å². The van der Waals surface area contributed by atoms with E-state index in [9.17, 15) is 4.79 Å². The van der Waals surface area contributed by atoms with Crippen molar-refractivity contribution in [2.75, 3.05) is 27.2 Å². The van der Waals surface area contributed by atoms with Gasteiger partial charge in [-0.1, -0.05) is 12.1 Å². The van der Waals surface area contributed by atoms with E-state index in [1.54, 1.807) is 10.9 Å². The molecule has 19 heavy (non-hydrogen) atoms. The maximum absolute atomic E-state index is 12.2. The third kappa shape index (κ3) is 3.76. The van der Waals surface area contributed by atoms with Gasteiger partial charge >= 0.3 is 0 Å². The van der Waals surface area contributed by atoms with Crippen LogP contribution in [0.2, 0.25) is 0 Å². The van der Waals surface area contributed by atoms with E-state index >= 15 is 0 Å². The van der Waals surface area contributed by atoms with Crippen LogP contribution in [0.1, 0.15) is 6.92 Å². The van der Waals surface area contributed by atoms with Gasteiger partial charge in [0.1, 0.15) is 0 Å². The predicted octanol–water partition coefficient (Wildman–Crippen LogP) is -1.50. The monoisotopic (exact) mass is 373 g/mol.